The smallest absolute Gasteiger partial charge is 0.275 e. The fourth-order valence-electron chi connectivity index (χ4n) is 2.00. The van der Waals surface area contributed by atoms with Gasteiger partial charge in [-0.25, -0.2) is 4.98 Å². The molecule has 3 rings (SSSR count). The zero-order valence-electron chi connectivity index (χ0n) is 11.7. The lowest BCUT2D eigenvalue weighted by molar-refractivity contribution is -0.0431. The summed E-state index contributed by atoms with van der Waals surface area (Å²) in [6.07, 6.45) is 0. The van der Waals surface area contributed by atoms with E-state index >= 15 is 0 Å². The van der Waals surface area contributed by atoms with Crippen molar-refractivity contribution in [1.82, 2.24) is 4.98 Å². The van der Waals surface area contributed by atoms with Crippen LogP contribution in [0.1, 0.15) is 29.3 Å². The Bertz CT molecular complexity index is 697. The Hall–Kier alpha value is -2.12. The summed E-state index contributed by atoms with van der Waals surface area (Å²) < 4.78 is 11.2. The molecule has 0 atom stereocenters. The summed E-state index contributed by atoms with van der Waals surface area (Å²) in [5.74, 6) is 0.315. The van der Waals surface area contributed by atoms with Gasteiger partial charge in [0.2, 0.25) is 5.79 Å². The van der Waals surface area contributed by atoms with E-state index in [9.17, 15) is 4.79 Å². The number of amides is 1. The second kappa shape index (κ2) is 5.01. The fourth-order valence-corrected chi connectivity index (χ4v) is 2.66. The van der Waals surface area contributed by atoms with Gasteiger partial charge in [-0.1, -0.05) is 0 Å². The highest BCUT2D eigenvalue weighted by Gasteiger charge is 2.31. The molecule has 0 saturated carbocycles. The third kappa shape index (κ3) is 2.84. The molecule has 0 aliphatic carbocycles. The van der Waals surface area contributed by atoms with E-state index < -0.39 is 5.79 Å². The second-order valence-corrected chi connectivity index (χ2v) is 5.99. The molecule has 2 aromatic rings. The largest absolute Gasteiger partial charge is 0.449 e. The summed E-state index contributed by atoms with van der Waals surface area (Å²) in [7, 11) is 0. The summed E-state index contributed by atoms with van der Waals surface area (Å²) in [5.41, 5.74) is 6.48. The molecule has 3 N–H and O–H groups in total. The summed E-state index contributed by atoms with van der Waals surface area (Å²) in [6.45, 7) is 3.99. The fraction of sp³-hybridized carbons (Fsp3) is 0.286. The van der Waals surface area contributed by atoms with Crippen molar-refractivity contribution in [2.24, 2.45) is 5.73 Å². The SMILES string of the molecule is CC1(C)Oc2ccc(NC(=O)c3csc(CN)n3)cc2O1. The average molecular weight is 305 g/mol. The van der Waals surface area contributed by atoms with Gasteiger partial charge in [0.05, 0.1) is 0 Å². The van der Waals surface area contributed by atoms with Crippen LogP contribution in [-0.4, -0.2) is 16.7 Å². The van der Waals surface area contributed by atoms with E-state index in [1.807, 2.05) is 13.8 Å². The van der Waals surface area contributed by atoms with E-state index in [1.54, 1.807) is 23.6 Å². The van der Waals surface area contributed by atoms with Gasteiger partial charge in [-0.2, -0.15) is 0 Å². The molecule has 1 aromatic carbocycles. The molecule has 21 heavy (non-hydrogen) atoms. The van der Waals surface area contributed by atoms with Crippen molar-refractivity contribution in [3.05, 3.63) is 34.3 Å². The van der Waals surface area contributed by atoms with Crippen LogP contribution in [0.4, 0.5) is 5.69 Å². The highest BCUT2D eigenvalue weighted by atomic mass is 32.1. The van der Waals surface area contributed by atoms with Crippen LogP contribution in [0.2, 0.25) is 0 Å². The maximum Gasteiger partial charge on any atom is 0.275 e. The van der Waals surface area contributed by atoms with Gasteiger partial charge in [-0.3, -0.25) is 4.79 Å². The van der Waals surface area contributed by atoms with Gasteiger partial charge in [-0.05, 0) is 12.1 Å². The molecule has 1 aromatic heterocycles. The van der Waals surface area contributed by atoms with Gasteiger partial charge in [0.15, 0.2) is 11.5 Å². The average Bonchev–Trinajstić information content (AvgIpc) is 3.00. The Kier molecular flexibility index (Phi) is 3.30. The van der Waals surface area contributed by atoms with Crippen molar-refractivity contribution in [2.75, 3.05) is 5.32 Å². The lowest BCUT2D eigenvalue weighted by Crippen LogP contribution is -2.29. The van der Waals surface area contributed by atoms with E-state index in [0.29, 0.717) is 29.4 Å². The Morgan fingerprint density at radius 2 is 2.14 bits per heavy atom. The predicted octanol–water partition coefficient (Wildman–Crippen LogP) is 2.36. The first kappa shape index (κ1) is 13.8. The first-order valence-corrected chi connectivity index (χ1v) is 7.33. The van der Waals surface area contributed by atoms with Crippen molar-refractivity contribution in [3.8, 4) is 11.5 Å². The first-order chi connectivity index (χ1) is 9.97. The number of aromatic nitrogens is 1. The van der Waals surface area contributed by atoms with Crippen molar-refractivity contribution < 1.29 is 14.3 Å². The first-order valence-electron chi connectivity index (χ1n) is 6.45. The molecule has 0 fully saturated rings. The Balaban J connectivity index is 1.76. The van der Waals surface area contributed by atoms with E-state index in [4.69, 9.17) is 15.2 Å². The quantitative estimate of drug-likeness (QED) is 0.909. The van der Waals surface area contributed by atoms with Crippen LogP contribution in [0.15, 0.2) is 23.6 Å². The van der Waals surface area contributed by atoms with Crippen LogP contribution in [0.3, 0.4) is 0 Å². The standard InChI is InChI=1S/C14H15N3O3S/c1-14(2)19-10-4-3-8(5-11(10)20-14)16-13(18)9-7-21-12(6-15)17-9/h3-5,7H,6,15H2,1-2H3,(H,16,18). The zero-order chi connectivity index (χ0) is 15.0. The van der Waals surface area contributed by atoms with Crippen LogP contribution >= 0.6 is 11.3 Å². The number of ether oxygens (including phenoxy) is 2. The van der Waals surface area contributed by atoms with Crippen molar-refractivity contribution in [2.45, 2.75) is 26.2 Å². The second-order valence-electron chi connectivity index (χ2n) is 5.05. The highest BCUT2D eigenvalue weighted by Crippen LogP contribution is 2.40. The lowest BCUT2D eigenvalue weighted by Gasteiger charge is -2.16. The summed E-state index contributed by atoms with van der Waals surface area (Å²) in [6, 6.07) is 5.27. The molecule has 1 aliphatic rings. The minimum absolute atomic E-state index is 0.274. The number of thiazole rings is 1. The minimum Gasteiger partial charge on any atom is -0.449 e. The minimum atomic E-state index is -0.685. The number of nitrogens with one attached hydrogen (secondary N) is 1. The van der Waals surface area contributed by atoms with E-state index in [2.05, 4.69) is 10.3 Å². The van der Waals surface area contributed by atoms with E-state index in [1.165, 1.54) is 11.3 Å². The number of carbonyl (C=O) groups excluding carboxylic acids is 1. The molecule has 0 unspecified atom stereocenters. The van der Waals surface area contributed by atoms with Gasteiger partial charge in [-0.15, -0.1) is 11.3 Å². The maximum absolute atomic E-state index is 12.1. The molecule has 0 spiro atoms. The van der Waals surface area contributed by atoms with Crippen LogP contribution in [-0.2, 0) is 6.54 Å². The van der Waals surface area contributed by atoms with Gasteiger partial charge in [0.1, 0.15) is 10.7 Å². The number of nitrogens with zero attached hydrogens (tertiary/aromatic N) is 1. The summed E-state index contributed by atoms with van der Waals surface area (Å²) in [5, 5.41) is 5.20. The van der Waals surface area contributed by atoms with Gasteiger partial charge in [0, 0.05) is 37.5 Å². The Morgan fingerprint density at radius 3 is 2.86 bits per heavy atom. The molecule has 0 bridgehead atoms. The zero-order valence-corrected chi connectivity index (χ0v) is 12.5. The molecule has 1 aliphatic heterocycles. The molecule has 110 valence electrons. The Morgan fingerprint density at radius 1 is 1.38 bits per heavy atom. The van der Waals surface area contributed by atoms with Crippen molar-refractivity contribution in [1.29, 1.82) is 0 Å². The van der Waals surface area contributed by atoms with Crippen LogP contribution in [0.25, 0.3) is 0 Å². The Labute approximate surface area is 125 Å². The normalized spacial score (nSPS) is 15.0. The number of nitrogens with two attached hydrogens (primary N) is 1. The molecule has 6 nitrogen and oxygen atoms in total. The molecule has 0 saturated heterocycles. The molecule has 0 radical (unpaired) electrons. The van der Waals surface area contributed by atoms with Crippen LogP contribution in [0.5, 0.6) is 11.5 Å². The molecular formula is C14H15N3O3S. The summed E-state index contributed by atoms with van der Waals surface area (Å²) >= 11 is 1.37. The number of rotatable bonds is 3. The maximum atomic E-state index is 12.1. The van der Waals surface area contributed by atoms with Gasteiger partial charge < -0.3 is 20.5 Å². The lowest BCUT2D eigenvalue weighted by atomic mass is 10.2. The number of fused-ring (bicyclic) bond motifs is 1. The number of carbonyl (C=O) groups is 1. The number of hydrogen-bond acceptors (Lipinski definition) is 6. The monoisotopic (exact) mass is 305 g/mol. The van der Waals surface area contributed by atoms with Gasteiger partial charge >= 0.3 is 0 Å². The third-order valence-electron chi connectivity index (χ3n) is 2.87. The van der Waals surface area contributed by atoms with E-state index in [-0.39, 0.29) is 5.91 Å². The molecular weight excluding hydrogens is 290 g/mol. The molecule has 1 amide bonds. The van der Waals surface area contributed by atoms with E-state index in [0.717, 1.165) is 5.01 Å². The molecule has 7 heteroatoms. The highest BCUT2D eigenvalue weighted by molar-refractivity contribution is 7.09. The van der Waals surface area contributed by atoms with Crippen LogP contribution < -0.4 is 20.5 Å². The summed E-state index contributed by atoms with van der Waals surface area (Å²) in [4.78, 5) is 16.2. The molecule has 2 heterocycles. The van der Waals surface area contributed by atoms with Crippen LogP contribution in [0, 0.1) is 0 Å². The topological polar surface area (TPSA) is 86.5 Å². The van der Waals surface area contributed by atoms with Gasteiger partial charge in [0.25, 0.3) is 5.91 Å². The van der Waals surface area contributed by atoms with Crippen molar-refractivity contribution >= 4 is 22.9 Å². The van der Waals surface area contributed by atoms with Crippen molar-refractivity contribution in [3.63, 3.8) is 0 Å². The third-order valence-corrected chi connectivity index (χ3v) is 3.74. The number of hydrogen-bond donors (Lipinski definition) is 2. The predicted molar refractivity (Wildman–Crippen MR) is 79.7 cm³/mol. The number of benzene rings is 1. The number of anilines is 1.